The number of carboxylic acids is 1. The van der Waals surface area contributed by atoms with Crippen molar-refractivity contribution in [2.24, 2.45) is 0 Å². The maximum absolute atomic E-state index is 12.0. The van der Waals surface area contributed by atoms with Crippen LogP contribution in [0.5, 0.6) is 0 Å². The van der Waals surface area contributed by atoms with E-state index in [1.807, 2.05) is 0 Å². The molecule has 1 aliphatic rings. The number of carboxylic acid groups (broad SMARTS) is 1. The monoisotopic (exact) mass is 435 g/mol. The number of unbranched alkanes of at least 4 members (excludes halogenated alkanes) is 1. The van der Waals surface area contributed by atoms with E-state index < -0.39 is 18.0 Å². The molecule has 1 aromatic heterocycles. The molecule has 0 saturated heterocycles. The maximum atomic E-state index is 12.0. The van der Waals surface area contributed by atoms with Crippen LogP contribution in [0.3, 0.4) is 0 Å². The molecule has 1 aromatic rings. The van der Waals surface area contributed by atoms with Crippen LogP contribution < -0.4 is 21.3 Å². The number of pyridine rings is 1. The third-order valence-corrected chi connectivity index (χ3v) is 4.99. The van der Waals surface area contributed by atoms with Gasteiger partial charge in [0.1, 0.15) is 11.9 Å². The molecular formula is C21H33N5O5. The van der Waals surface area contributed by atoms with E-state index in [0.29, 0.717) is 13.0 Å². The second-order valence-corrected chi connectivity index (χ2v) is 7.47. The number of fused-ring (bicyclic) bond motifs is 1. The van der Waals surface area contributed by atoms with Crippen molar-refractivity contribution in [3.63, 3.8) is 0 Å². The first-order chi connectivity index (χ1) is 15.0. The number of aromatic nitrogens is 1. The van der Waals surface area contributed by atoms with E-state index in [4.69, 9.17) is 4.74 Å². The summed E-state index contributed by atoms with van der Waals surface area (Å²) in [4.78, 5) is 39.6. The number of aliphatic carboxylic acids is 1. The van der Waals surface area contributed by atoms with E-state index in [1.54, 1.807) is 0 Å². The molecule has 0 radical (unpaired) electrons. The summed E-state index contributed by atoms with van der Waals surface area (Å²) in [5.74, 6) is -0.299. The standard InChI is InChI=1S/C21H33N5O5/c1-31-14-13-24-21(30)26-17(20(28)29)10-12-22-18(27)7-3-2-6-16-9-8-15-5-4-11-23-19(15)25-16/h8-9,17H,2-7,10-14H2,1H3,(H,22,27)(H,23,25)(H,28,29)(H2,24,26,30). The molecule has 2 heterocycles. The van der Waals surface area contributed by atoms with Gasteiger partial charge in [-0.2, -0.15) is 0 Å². The molecule has 0 aromatic carbocycles. The summed E-state index contributed by atoms with van der Waals surface area (Å²) in [5, 5.41) is 20.1. The predicted octanol–water partition coefficient (Wildman–Crippen LogP) is 1.06. The van der Waals surface area contributed by atoms with Crippen molar-refractivity contribution in [1.82, 2.24) is 20.9 Å². The van der Waals surface area contributed by atoms with Crippen molar-refractivity contribution in [2.75, 3.05) is 38.7 Å². The van der Waals surface area contributed by atoms with Gasteiger partial charge in [-0.25, -0.2) is 14.6 Å². The van der Waals surface area contributed by atoms with Crippen LogP contribution in [0.25, 0.3) is 0 Å². The van der Waals surface area contributed by atoms with Crippen molar-refractivity contribution in [2.45, 2.75) is 51.0 Å². The SMILES string of the molecule is COCCNC(=O)NC(CCNC(=O)CCCCc1ccc2c(n1)NCCC2)C(=O)O. The lowest BCUT2D eigenvalue weighted by atomic mass is 10.1. The molecular weight excluding hydrogens is 402 g/mol. The number of anilines is 1. The van der Waals surface area contributed by atoms with Gasteiger partial charge in [-0.3, -0.25) is 4.79 Å². The van der Waals surface area contributed by atoms with Gasteiger partial charge in [0.25, 0.3) is 0 Å². The zero-order valence-corrected chi connectivity index (χ0v) is 18.0. The molecule has 1 unspecified atom stereocenters. The van der Waals surface area contributed by atoms with Crippen LogP contribution in [-0.4, -0.2) is 67.4 Å². The van der Waals surface area contributed by atoms with Crippen molar-refractivity contribution in [3.8, 4) is 0 Å². The van der Waals surface area contributed by atoms with Gasteiger partial charge >= 0.3 is 12.0 Å². The van der Waals surface area contributed by atoms with Gasteiger partial charge in [0.05, 0.1) is 6.61 Å². The summed E-state index contributed by atoms with van der Waals surface area (Å²) < 4.78 is 4.81. The molecule has 2 rings (SSSR count). The second-order valence-electron chi connectivity index (χ2n) is 7.47. The maximum Gasteiger partial charge on any atom is 0.326 e. The molecule has 3 amide bonds. The Labute approximate surface area is 182 Å². The van der Waals surface area contributed by atoms with Crippen LogP contribution in [0.4, 0.5) is 10.6 Å². The summed E-state index contributed by atoms with van der Waals surface area (Å²) in [6.45, 7) is 1.75. The molecule has 0 bridgehead atoms. The quantitative estimate of drug-likeness (QED) is 0.292. The zero-order valence-electron chi connectivity index (χ0n) is 18.0. The first-order valence-electron chi connectivity index (χ1n) is 10.7. The Morgan fingerprint density at radius 3 is 2.84 bits per heavy atom. The number of urea groups is 1. The highest BCUT2D eigenvalue weighted by Gasteiger charge is 2.19. The van der Waals surface area contributed by atoms with E-state index >= 15 is 0 Å². The number of amides is 3. The molecule has 0 saturated carbocycles. The summed E-state index contributed by atoms with van der Waals surface area (Å²) in [5.41, 5.74) is 2.28. The minimum Gasteiger partial charge on any atom is -0.480 e. The van der Waals surface area contributed by atoms with E-state index in [1.165, 1.54) is 12.7 Å². The van der Waals surface area contributed by atoms with Crippen LogP contribution in [0, 0.1) is 0 Å². The minimum atomic E-state index is -1.15. The molecule has 5 N–H and O–H groups in total. The normalized spacial score (nSPS) is 13.5. The highest BCUT2D eigenvalue weighted by Crippen LogP contribution is 2.20. The number of aryl methyl sites for hydroxylation is 2. The first-order valence-corrected chi connectivity index (χ1v) is 10.7. The fourth-order valence-corrected chi connectivity index (χ4v) is 3.28. The summed E-state index contributed by atoms with van der Waals surface area (Å²) >= 11 is 0. The number of nitrogens with one attached hydrogen (secondary N) is 4. The molecule has 1 atom stereocenters. The topological polar surface area (TPSA) is 142 Å². The number of rotatable bonds is 13. The molecule has 31 heavy (non-hydrogen) atoms. The number of nitrogens with zero attached hydrogens (tertiary/aromatic N) is 1. The number of methoxy groups -OCH3 is 1. The molecule has 0 spiro atoms. The number of ether oxygens (including phenoxy) is 1. The van der Waals surface area contributed by atoms with Crippen molar-refractivity contribution >= 4 is 23.7 Å². The lowest BCUT2D eigenvalue weighted by Gasteiger charge is -2.17. The molecule has 1 aliphatic heterocycles. The van der Waals surface area contributed by atoms with Crippen LogP contribution in [-0.2, 0) is 27.2 Å². The van der Waals surface area contributed by atoms with Gasteiger partial charge in [0.15, 0.2) is 0 Å². The Morgan fingerprint density at radius 1 is 1.23 bits per heavy atom. The Balaban J connectivity index is 1.60. The van der Waals surface area contributed by atoms with Gasteiger partial charge in [-0.15, -0.1) is 0 Å². The third-order valence-electron chi connectivity index (χ3n) is 4.99. The average Bonchev–Trinajstić information content (AvgIpc) is 2.76. The zero-order chi connectivity index (χ0) is 22.5. The van der Waals surface area contributed by atoms with Crippen LogP contribution >= 0.6 is 0 Å². The van der Waals surface area contributed by atoms with E-state index in [-0.39, 0.29) is 25.4 Å². The molecule has 0 aliphatic carbocycles. The van der Waals surface area contributed by atoms with Gasteiger partial charge in [0.2, 0.25) is 5.91 Å². The van der Waals surface area contributed by atoms with E-state index in [0.717, 1.165) is 50.2 Å². The lowest BCUT2D eigenvalue weighted by molar-refractivity contribution is -0.139. The second kappa shape index (κ2) is 13.4. The Morgan fingerprint density at radius 2 is 2.06 bits per heavy atom. The summed E-state index contributed by atoms with van der Waals surface area (Å²) in [6.07, 6.45) is 5.04. The van der Waals surface area contributed by atoms with Crippen molar-refractivity contribution in [1.29, 1.82) is 0 Å². The number of hydrogen-bond acceptors (Lipinski definition) is 6. The van der Waals surface area contributed by atoms with E-state index in [9.17, 15) is 19.5 Å². The Hall–Kier alpha value is -2.88. The number of hydrogen-bond donors (Lipinski definition) is 5. The van der Waals surface area contributed by atoms with Crippen LogP contribution in [0.2, 0.25) is 0 Å². The van der Waals surface area contributed by atoms with Crippen molar-refractivity contribution in [3.05, 3.63) is 23.4 Å². The molecule has 10 nitrogen and oxygen atoms in total. The molecule has 10 heteroatoms. The van der Waals surface area contributed by atoms with Gasteiger partial charge in [-0.1, -0.05) is 6.07 Å². The highest BCUT2D eigenvalue weighted by molar-refractivity contribution is 5.82. The first kappa shape index (κ1) is 24.4. The average molecular weight is 436 g/mol. The van der Waals surface area contributed by atoms with Crippen LogP contribution in [0.15, 0.2) is 12.1 Å². The van der Waals surface area contributed by atoms with Crippen LogP contribution in [0.1, 0.15) is 43.4 Å². The Bertz CT molecular complexity index is 743. The molecule has 172 valence electrons. The summed E-state index contributed by atoms with van der Waals surface area (Å²) in [7, 11) is 1.50. The van der Waals surface area contributed by atoms with Gasteiger partial charge < -0.3 is 31.1 Å². The smallest absolute Gasteiger partial charge is 0.326 e. The predicted molar refractivity (Wildman–Crippen MR) is 116 cm³/mol. The minimum absolute atomic E-state index is 0.102. The van der Waals surface area contributed by atoms with Gasteiger partial charge in [0, 0.05) is 38.9 Å². The Kier molecular flexibility index (Phi) is 10.6. The highest BCUT2D eigenvalue weighted by atomic mass is 16.5. The summed E-state index contributed by atoms with van der Waals surface area (Å²) in [6, 6.07) is 2.52. The lowest BCUT2D eigenvalue weighted by Crippen LogP contribution is -2.48. The fourth-order valence-electron chi connectivity index (χ4n) is 3.28. The van der Waals surface area contributed by atoms with Crippen molar-refractivity contribution < 1.29 is 24.2 Å². The number of carbonyl (C=O) groups is 3. The third kappa shape index (κ3) is 9.20. The van der Waals surface area contributed by atoms with Gasteiger partial charge in [-0.05, 0) is 50.2 Å². The number of carbonyl (C=O) groups excluding carboxylic acids is 2. The van der Waals surface area contributed by atoms with E-state index in [2.05, 4.69) is 38.4 Å². The largest absolute Gasteiger partial charge is 0.480 e. The molecule has 0 fully saturated rings. The fraction of sp³-hybridized carbons (Fsp3) is 0.619.